The van der Waals surface area contributed by atoms with Gasteiger partial charge in [0.2, 0.25) is 0 Å². The Morgan fingerprint density at radius 2 is 2.22 bits per heavy atom. The molecule has 2 aromatic rings. The maximum absolute atomic E-state index is 12.0. The highest BCUT2D eigenvalue weighted by Gasteiger charge is 2.27. The number of nitrogens with zero attached hydrogens (tertiary/aromatic N) is 1. The summed E-state index contributed by atoms with van der Waals surface area (Å²) >= 11 is 6.28. The summed E-state index contributed by atoms with van der Waals surface area (Å²) in [5.74, 6) is -0.429. The zero-order valence-corrected chi connectivity index (χ0v) is 14.0. The smallest absolute Gasteiger partial charge is 0.339 e. The molecule has 1 heterocycles. The first-order valence-electron chi connectivity index (χ1n) is 7.64. The maximum Gasteiger partial charge on any atom is 0.339 e. The molecule has 0 saturated heterocycles. The second kappa shape index (κ2) is 8.13. The number of carbonyl (C=O) groups is 1. The molecule has 124 valence electrons. The van der Waals surface area contributed by atoms with Crippen LogP contribution in [0.4, 0.5) is 0 Å². The molecule has 1 unspecified atom stereocenters. The van der Waals surface area contributed by atoms with E-state index in [0.717, 1.165) is 12.8 Å². The van der Waals surface area contributed by atoms with Gasteiger partial charge in [0.05, 0.1) is 23.8 Å². The van der Waals surface area contributed by atoms with E-state index in [2.05, 4.69) is 4.98 Å². The lowest BCUT2D eigenvalue weighted by atomic mass is 10.0. The molecule has 0 saturated carbocycles. The van der Waals surface area contributed by atoms with Gasteiger partial charge in [0.15, 0.2) is 6.10 Å². The molecule has 23 heavy (non-hydrogen) atoms. The van der Waals surface area contributed by atoms with E-state index in [1.54, 1.807) is 31.3 Å². The summed E-state index contributed by atoms with van der Waals surface area (Å²) in [6.07, 6.45) is 1.95. The summed E-state index contributed by atoms with van der Waals surface area (Å²) in [4.78, 5) is 16.2. The van der Waals surface area contributed by atoms with Crippen LogP contribution in [0.15, 0.2) is 24.4 Å². The third kappa shape index (κ3) is 3.92. The second-order valence-corrected chi connectivity index (χ2v) is 5.44. The Labute approximate surface area is 140 Å². The lowest BCUT2D eigenvalue weighted by molar-refractivity contribution is -0.153. The Kier molecular flexibility index (Phi) is 6.19. The van der Waals surface area contributed by atoms with Crippen molar-refractivity contribution in [3.63, 3.8) is 0 Å². The minimum Gasteiger partial charge on any atom is -0.492 e. The first-order valence-corrected chi connectivity index (χ1v) is 8.02. The van der Waals surface area contributed by atoms with Crippen molar-refractivity contribution in [3.05, 3.63) is 35.0 Å². The van der Waals surface area contributed by atoms with Crippen LogP contribution in [0.2, 0.25) is 5.02 Å². The number of aliphatic hydroxyl groups is 1. The van der Waals surface area contributed by atoms with Gasteiger partial charge in [-0.1, -0.05) is 31.0 Å². The minimum absolute atomic E-state index is 0.179. The number of hydrogen-bond donors (Lipinski definition) is 1. The van der Waals surface area contributed by atoms with Gasteiger partial charge in [-0.2, -0.15) is 0 Å². The van der Waals surface area contributed by atoms with Gasteiger partial charge in [-0.25, -0.2) is 4.79 Å². The zero-order valence-electron chi connectivity index (χ0n) is 13.2. The molecule has 2 rings (SSSR count). The van der Waals surface area contributed by atoms with Crippen LogP contribution in [0.1, 0.15) is 38.4 Å². The molecular weight excluding hydrogens is 318 g/mol. The highest BCUT2D eigenvalue weighted by Crippen LogP contribution is 2.39. The number of ether oxygens (including phenoxy) is 2. The Hall–Kier alpha value is -1.85. The molecule has 0 amide bonds. The number of carbonyl (C=O) groups excluding carboxylic acids is 1. The van der Waals surface area contributed by atoms with Gasteiger partial charge in [0.25, 0.3) is 0 Å². The number of benzene rings is 1. The van der Waals surface area contributed by atoms with Crippen LogP contribution in [0, 0.1) is 0 Å². The van der Waals surface area contributed by atoms with Crippen LogP contribution in [-0.4, -0.2) is 29.3 Å². The number of aromatic nitrogens is 1. The number of rotatable bonds is 7. The van der Waals surface area contributed by atoms with Crippen molar-refractivity contribution in [2.45, 2.75) is 32.8 Å². The van der Waals surface area contributed by atoms with Gasteiger partial charge in [-0.15, -0.1) is 0 Å². The van der Waals surface area contributed by atoms with Crippen molar-refractivity contribution < 1.29 is 19.4 Å². The monoisotopic (exact) mass is 337 g/mol. The van der Waals surface area contributed by atoms with Crippen molar-refractivity contribution in [1.82, 2.24) is 4.98 Å². The quantitative estimate of drug-likeness (QED) is 0.616. The average Bonchev–Trinajstić information content (AvgIpc) is 2.55. The SMILES string of the molecule is CCCCOc1c(Cl)cc2ncccc2c1C(O)C(=O)OCC. The summed E-state index contributed by atoms with van der Waals surface area (Å²) in [6, 6.07) is 5.16. The molecule has 0 aliphatic heterocycles. The van der Waals surface area contributed by atoms with Crippen molar-refractivity contribution in [2.75, 3.05) is 13.2 Å². The zero-order chi connectivity index (χ0) is 16.8. The standard InChI is InChI=1S/C17H20ClNO4/c1-3-5-9-23-16-12(18)10-13-11(7-6-8-19-13)14(16)15(20)17(21)22-4-2/h6-8,10,15,20H,3-5,9H2,1-2H3. The average molecular weight is 338 g/mol. The Balaban J connectivity index is 2.55. The van der Waals surface area contributed by atoms with E-state index in [1.165, 1.54) is 0 Å². The molecule has 0 bridgehead atoms. The summed E-state index contributed by atoms with van der Waals surface area (Å²) in [6.45, 7) is 4.35. The summed E-state index contributed by atoms with van der Waals surface area (Å²) in [5, 5.41) is 11.4. The van der Waals surface area contributed by atoms with E-state index in [1.807, 2.05) is 6.92 Å². The number of aliphatic hydroxyl groups excluding tert-OH is 1. The fraction of sp³-hybridized carbons (Fsp3) is 0.412. The first-order chi connectivity index (χ1) is 11.1. The van der Waals surface area contributed by atoms with E-state index >= 15 is 0 Å². The lowest BCUT2D eigenvalue weighted by Gasteiger charge is -2.18. The summed E-state index contributed by atoms with van der Waals surface area (Å²) < 4.78 is 10.7. The van der Waals surface area contributed by atoms with E-state index < -0.39 is 12.1 Å². The second-order valence-electron chi connectivity index (χ2n) is 5.03. The van der Waals surface area contributed by atoms with E-state index in [4.69, 9.17) is 21.1 Å². The van der Waals surface area contributed by atoms with E-state index in [9.17, 15) is 9.90 Å². The third-order valence-corrected chi connectivity index (χ3v) is 3.66. The number of fused-ring (bicyclic) bond motifs is 1. The molecule has 1 aromatic heterocycles. The Bertz CT molecular complexity index is 690. The summed E-state index contributed by atoms with van der Waals surface area (Å²) in [5.41, 5.74) is 0.883. The molecule has 0 aliphatic rings. The van der Waals surface area contributed by atoms with Gasteiger partial charge >= 0.3 is 5.97 Å². The van der Waals surface area contributed by atoms with Crippen molar-refractivity contribution >= 4 is 28.5 Å². The van der Waals surface area contributed by atoms with Gasteiger partial charge in [-0.05, 0) is 25.5 Å². The highest BCUT2D eigenvalue weighted by molar-refractivity contribution is 6.33. The molecule has 5 nitrogen and oxygen atoms in total. The fourth-order valence-electron chi connectivity index (χ4n) is 2.27. The number of unbranched alkanes of at least 4 members (excludes halogenated alkanes) is 1. The number of esters is 1. The maximum atomic E-state index is 12.0. The predicted octanol–water partition coefficient (Wildman–Crippen LogP) is 3.66. The molecule has 1 aromatic carbocycles. The fourth-order valence-corrected chi connectivity index (χ4v) is 2.53. The van der Waals surface area contributed by atoms with Crippen LogP contribution in [-0.2, 0) is 9.53 Å². The number of pyridine rings is 1. The van der Waals surface area contributed by atoms with Crippen LogP contribution < -0.4 is 4.74 Å². The van der Waals surface area contributed by atoms with Crippen molar-refractivity contribution in [1.29, 1.82) is 0 Å². The molecule has 0 aliphatic carbocycles. The van der Waals surface area contributed by atoms with Gasteiger partial charge in [0, 0.05) is 17.1 Å². The van der Waals surface area contributed by atoms with Gasteiger partial charge in [-0.3, -0.25) is 4.98 Å². The number of halogens is 1. The third-order valence-electron chi connectivity index (χ3n) is 3.38. The molecule has 1 atom stereocenters. The number of hydrogen-bond acceptors (Lipinski definition) is 5. The highest BCUT2D eigenvalue weighted by atomic mass is 35.5. The predicted molar refractivity (Wildman–Crippen MR) is 88.7 cm³/mol. The molecule has 6 heteroatoms. The normalized spacial score (nSPS) is 12.2. The van der Waals surface area contributed by atoms with E-state index in [-0.39, 0.29) is 6.61 Å². The molecule has 0 spiro atoms. The van der Waals surface area contributed by atoms with Crippen molar-refractivity contribution in [3.8, 4) is 5.75 Å². The summed E-state index contributed by atoms with van der Waals surface area (Å²) in [7, 11) is 0. The van der Waals surface area contributed by atoms with E-state index in [0.29, 0.717) is 33.8 Å². The first kappa shape index (κ1) is 17.5. The molecule has 0 fully saturated rings. The van der Waals surface area contributed by atoms with Crippen LogP contribution >= 0.6 is 11.6 Å². The molecular formula is C17H20ClNO4. The van der Waals surface area contributed by atoms with Gasteiger partial charge < -0.3 is 14.6 Å². The minimum atomic E-state index is -1.48. The Morgan fingerprint density at radius 3 is 2.91 bits per heavy atom. The van der Waals surface area contributed by atoms with Crippen LogP contribution in [0.25, 0.3) is 10.9 Å². The lowest BCUT2D eigenvalue weighted by Crippen LogP contribution is -2.17. The topological polar surface area (TPSA) is 68.7 Å². The molecule has 1 N–H and O–H groups in total. The Morgan fingerprint density at radius 1 is 1.43 bits per heavy atom. The van der Waals surface area contributed by atoms with Crippen LogP contribution in [0.5, 0.6) is 5.75 Å². The largest absolute Gasteiger partial charge is 0.492 e. The molecule has 0 radical (unpaired) electrons. The van der Waals surface area contributed by atoms with Crippen LogP contribution in [0.3, 0.4) is 0 Å². The van der Waals surface area contributed by atoms with Gasteiger partial charge in [0.1, 0.15) is 5.75 Å². The van der Waals surface area contributed by atoms with Crippen molar-refractivity contribution in [2.24, 2.45) is 0 Å².